The summed E-state index contributed by atoms with van der Waals surface area (Å²) in [6, 6.07) is 7.94. The number of ether oxygens (including phenoxy) is 1. The largest absolute Gasteiger partial charge is 0.467 e. The van der Waals surface area contributed by atoms with Crippen LogP contribution in [0.2, 0.25) is 0 Å². The molecular formula is C14H15N3O3. The van der Waals surface area contributed by atoms with Crippen molar-refractivity contribution in [2.45, 2.75) is 12.5 Å². The van der Waals surface area contributed by atoms with E-state index in [9.17, 15) is 9.59 Å². The van der Waals surface area contributed by atoms with E-state index in [1.54, 1.807) is 30.5 Å². The van der Waals surface area contributed by atoms with Gasteiger partial charge >= 0.3 is 5.97 Å². The monoisotopic (exact) mass is 273 g/mol. The molecule has 0 aliphatic carbocycles. The number of hydrogen-bond acceptors (Lipinski definition) is 4. The fraction of sp³-hybridized carbons (Fsp3) is 0.214. The van der Waals surface area contributed by atoms with Crippen molar-refractivity contribution in [3.8, 4) is 0 Å². The molecule has 2 aromatic rings. The molecule has 1 heterocycles. The summed E-state index contributed by atoms with van der Waals surface area (Å²) in [6.07, 6.45) is 3.42. The first-order valence-corrected chi connectivity index (χ1v) is 6.11. The second-order valence-electron chi connectivity index (χ2n) is 4.20. The van der Waals surface area contributed by atoms with Gasteiger partial charge in [-0.2, -0.15) is 0 Å². The summed E-state index contributed by atoms with van der Waals surface area (Å²) in [6.45, 7) is 0. The van der Waals surface area contributed by atoms with Crippen LogP contribution in [0.5, 0.6) is 0 Å². The van der Waals surface area contributed by atoms with Crippen LogP contribution >= 0.6 is 0 Å². The van der Waals surface area contributed by atoms with E-state index in [1.807, 2.05) is 6.07 Å². The van der Waals surface area contributed by atoms with Crippen LogP contribution in [0.3, 0.4) is 0 Å². The molecular weight excluding hydrogens is 258 g/mol. The highest BCUT2D eigenvalue weighted by molar-refractivity contribution is 5.96. The number of carbonyl (C=O) groups is 2. The van der Waals surface area contributed by atoms with Crippen molar-refractivity contribution in [2.75, 3.05) is 7.11 Å². The van der Waals surface area contributed by atoms with Crippen LogP contribution in [0.25, 0.3) is 0 Å². The third-order valence-electron chi connectivity index (χ3n) is 2.81. The highest BCUT2D eigenvalue weighted by atomic mass is 16.5. The molecule has 0 fully saturated rings. The molecule has 0 spiro atoms. The Labute approximate surface area is 116 Å². The lowest BCUT2D eigenvalue weighted by atomic mass is 10.1. The van der Waals surface area contributed by atoms with Gasteiger partial charge in [-0.25, -0.2) is 9.78 Å². The Kier molecular flexibility index (Phi) is 4.49. The second kappa shape index (κ2) is 6.51. The molecule has 6 nitrogen and oxygen atoms in total. The molecule has 20 heavy (non-hydrogen) atoms. The van der Waals surface area contributed by atoms with Crippen LogP contribution in [0.1, 0.15) is 16.1 Å². The molecule has 6 heteroatoms. The summed E-state index contributed by atoms with van der Waals surface area (Å²) in [4.78, 5) is 30.6. The Morgan fingerprint density at radius 1 is 1.35 bits per heavy atom. The van der Waals surface area contributed by atoms with Gasteiger partial charge in [-0.15, -0.1) is 0 Å². The molecule has 1 atom stereocenters. The fourth-order valence-corrected chi connectivity index (χ4v) is 1.78. The van der Waals surface area contributed by atoms with E-state index in [0.717, 1.165) is 5.69 Å². The summed E-state index contributed by atoms with van der Waals surface area (Å²) in [7, 11) is 1.29. The van der Waals surface area contributed by atoms with Gasteiger partial charge in [0.05, 0.1) is 13.4 Å². The minimum Gasteiger partial charge on any atom is -0.467 e. The van der Waals surface area contributed by atoms with Gasteiger partial charge in [-0.05, 0) is 12.1 Å². The van der Waals surface area contributed by atoms with Crippen LogP contribution in [-0.2, 0) is 16.0 Å². The Bertz CT molecular complexity index is 567. The number of nitrogens with one attached hydrogen (secondary N) is 2. The summed E-state index contributed by atoms with van der Waals surface area (Å²) in [5.74, 6) is -0.815. The predicted molar refractivity (Wildman–Crippen MR) is 72.0 cm³/mol. The fourth-order valence-electron chi connectivity index (χ4n) is 1.78. The number of aromatic amines is 1. The van der Waals surface area contributed by atoms with Crippen LogP contribution in [-0.4, -0.2) is 35.0 Å². The molecule has 0 saturated carbocycles. The van der Waals surface area contributed by atoms with Gasteiger partial charge < -0.3 is 15.0 Å². The molecule has 1 amide bonds. The number of aromatic nitrogens is 2. The highest BCUT2D eigenvalue weighted by Crippen LogP contribution is 2.04. The number of nitrogens with zero attached hydrogens (tertiary/aromatic N) is 1. The van der Waals surface area contributed by atoms with Gasteiger partial charge in [-0.3, -0.25) is 4.79 Å². The smallest absolute Gasteiger partial charge is 0.328 e. The Morgan fingerprint density at radius 2 is 2.10 bits per heavy atom. The maximum atomic E-state index is 12.1. The van der Waals surface area contributed by atoms with Crippen molar-refractivity contribution in [2.24, 2.45) is 0 Å². The number of benzene rings is 1. The number of rotatable bonds is 5. The van der Waals surface area contributed by atoms with E-state index in [4.69, 9.17) is 4.74 Å². The first-order valence-electron chi connectivity index (χ1n) is 6.11. The Morgan fingerprint density at radius 3 is 2.70 bits per heavy atom. The maximum absolute atomic E-state index is 12.1. The normalized spacial score (nSPS) is 11.7. The van der Waals surface area contributed by atoms with Crippen LogP contribution in [0.4, 0.5) is 0 Å². The molecule has 0 bridgehead atoms. The predicted octanol–water partition coefficient (Wildman–Crippen LogP) is 0.924. The lowest BCUT2D eigenvalue weighted by Crippen LogP contribution is -2.43. The Hall–Kier alpha value is -2.63. The average molecular weight is 273 g/mol. The minimum absolute atomic E-state index is 0.297. The Balaban J connectivity index is 2.08. The van der Waals surface area contributed by atoms with Gasteiger partial charge in [-0.1, -0.05) is 18.2 Å². The second-order valence-corrected chi connectivity index (χ2v) is 4.20. The zero-order valence-corrected chi connectivity index (χ0v) is 11.0. The summed E-state index contributed by atoms with van der Waals surface area (Å²) in [5.41, 5.74) is 1.24. The quantitative estimate of drug-likeness (QED) is 0.793. The van der Waals surface area contributed by atoms with Crippen molar-refractivity contribution in [3.63, 3.8) is 0 Å². The van der Waals surface area contributed by atoms with E-state index < -0.39 is 12.0 Å². The van der Waals surface area contributed by atoms with Crippen molar-refractivity contribution >= 4 is 11.9 Å². The van der Waals surface area contributed by atoms with Gasteiger partial charge in [0.2, 0.25) is 0 Å². The van der Waals surface area contributed by atoms with E-state index in [2.05, 4.69) is 15.3 Å². The number of imidazole rings is 1. The molecule has 0 aliphatic heterocycles. The highest BCUT2D eigenvalue weighted by Gasteiger charge is 2.22. The van der Waals surface area contributed by atoms with Gasteiger partial charge in [0.25, 0.3) is 5.91 Å². The van der Waals surface area contributed by atoms with Crippen molar-refractivity contribution in [1.29, 1.82) is 0 Å². The topological polar surface area (TPSA) is 84.1 Å². The molecule has 2 rings (SSSR count). The summed E-state index contributed by atoms with van der Waals surface area (Å²) >= 11 is 0. The molecule has 0 unspecified atom stereocenters. The molecule has 2 N–H and O–H groups in total. The molecule has 104 valence electrons. The summed E-state index contributed by atoms with van der Waals surface area (Å²) in [5, 5.41) is 2.66. The third-order valence-corrected chi connectivity index (χ3v) is 2.81. The SMILES string of the molecule is COC(=O)[C@H](Cc1cnc[nH]1)NC(=O)c1ccccc1. The molecule has 1 aromatic heterocycles. The maximum Gasteiger partial charge on any atom is 0.328 e. The van der Waals surface area contributed by atoms with Crippen LogP contribution < -0.4 is 5.32 Å². The van der Waals surface area contributed by atoms with Crippen molar-refractivity contribution in [1.82, 2.24) is 15.3 Å². The van der Waals surface area contributed by atoms with E-state index in [0.29, 0.717) is 12.0 Å². The number of methoxy groups -OCH3 is 1. The summed E-state index contributed by atoms with van der Waals surface area (Å²) < 4.78 is 4.71. The average Bonchev–Trinajstić information content (AvgIpc) is 2.99. The van der Waals surface area contributed by atoms with Crippen LogP contribution in [0.15, 0.2) is 42.9 Å². The van der Waals surface area contributed by atoms with E-state index >= 15 is 0 Å². The number of amides is 1. The molecule has 0 aliphatic rings. The van der Waals surface area contributed by atoms with Gasteiger partial charge in [0.15, 0.2) is 0 Å². The minimum atomic E-state index is -0.756. The van der Waals surface area contributed by atoms with Crippen LogP contribution in [0, 0.1) is 0 Å². The molecule has 0 saturated heterocycles. The number of carbonyl (C=O) groups excluding carboxylic acids is 2. The number of H-pyrrole nitrogens is 1. The van der Waals surface area contributed by atoms with Crippen molar-refractivity contribution in [3.05, 3.63) is 54.1 Å². The van der Waals surface area contributed by atoms with Crippen molar-refractivity contribution < 1.29 is 14.3 Å². The zero-order valence-electron chi connectivity index (χ0n) is 11.0. The van der Waals surface area contributed by atoms with Gasteiger partial charge in [0.1, 0.15) is 6.04 Å². The standard InChI is InChI=1S/C14H15N3O3/c1-20-14(19)12(7-11-8-15-9-16-11)17-13(18)10-5-3-2-4-6-10/h2-6,8-9,12H,7H2,1H3,(H,15,16)(H,17,18)/t12-/m0/s1. The molecule has 0 radical (unpaired) electrons. The first kappa shape index (κ1) is 13.8. The lowest BCUT2D eigenvalue weighted by molar-refractivity contribution is -0.142. The zero-order chi connectivity index (χ0) is 14.4. The van der Waals surface area contributed by atoms with E-state index in [1.165, 1.54) is 13.4 Å². The third kappa shape index (κ3) is 3.44. The molecule has 1 aromatic carbocycles. The lowest BCUT2D eigenvalue weighted by Gasteiger charge is -2.15. The number of esters is 1. The van der Waals surface area contributed by atoms with E-state index in [-0.39, 0.29) is 5.91 Å². The van der Waals surface area contributed by atoms with Gasteiger partial charge in [0, 0.05) is 23.9 Å². The number of hydrogen-bond donors (Lipinski definition) is 2. The first-order chi connectivity index (χ1) is 9.70.